The number of hydrogen-bond donors (Lipinski definition) is 1. The van der Waals surface area contributed by atoms with E-state index in [0.717, 1.165) is 12.8 Å². The Morgan fingerprint density at radius 2 is 2.00 bits per heavy atom. The van der Waals surface area contributed by atoms with Crippen LogP contribution in [0.3, 0.4) is 0 Å². The fourth-order valence-corrected chi connectivity index (χ4v) is 0.712. The molecule has 0 aliphatic carbocycles. The van der Waals surface area contributed by atoms with Gasteiger partial charge in [-0.15, -0.1) is 0 Å². The van der Waals surface area contributed by atoms with Crippen LogP contribution in [0.2, 0.25) is 0 Å². The van der Waals surface area contributed by atoms with Crippen molar-refractivity contribution < 1.29 is 5.11 Å². The topological polar surface area (TPSA) is 20.2 Å². The van der Waals surface area contributed by atoms with E-state index in [1.165, 1.54) is 0 Å². The van der Waals surface area contributed by atoms with E-state index in [4.69, 9.17) is 0 Å². The highest BCUT2D eigenvalue weighted by Crippen LogP contribution is 2.11. The monoisotopic (exact) mass is 156 g/mol. The molecule has 0 radical (unpaired) electrons. The lowest BCUT2D eigenvalue weighted by atomic mass is 10.0. The van der Waals surface area contributed by atoms with Crippen molar-refractivity contribution in [3.63, 3.8) is 0 Å². The summed E-state index contributed by atoms with van der Waals surface area (Å²) < 4.78 is 0. The van der Waals surface area contributed by atoms with Crippen molar-refractivity contribution in [2.45, 2.75) is 46.1 Å². The van der Waals surface area contributed by atoms with Crippen molar-refractivity contribution in [1.82, 2.24) is 0 Å². The molecule has 1 nitrogen and oxygen atoms in total. The number of hydrogen-bond acceptors (Lipinski definition) is 1. The number of allylic oxidation sites excluding steroid dienone is 1. The van der Waals surface area contributed by atoms with Gasteiger partial charge in [-0.1, -0.05) is 32.9 Å². The summed E-state index contributed by atoms with van der Waals surface area (Å²) in [6.45, 7) is 8.17. The molecule has 0 bridgehead atoms. The first-order valence-electron chi connectivity index (χ1n) is 4.38. The van der Waals surface area contributed by atoms with E-state index in [-0.39, 0.29) is 0 Å². The maximum absolute atomic E-state index is 9.55. The first-order chi connectivity index (χ1) is 4.98. The standard InChI is InChI=1S/C10H20O/c1-5-10(4,11)8-6-7-9(2)3/h6,8-9,11H,5,7H2,1-4H3/b8-6-. The highest BCUT2D eigenvalue weighted by molar-refractivity contribution is 4.97. The van der Waals surface area contributed by atoms with Crippen molar-refractivity contribution in [2.75, 3.05) is 0 Å². The molecule has 0 heterocycles. The summed E-state index contributed by atoms with van der Waals surface area (Å²) in [7, 11) is 0. The quantitative estimate of drug-likeness (QED) is 0.620. The van der Waals surface area contributed by atoms with Gasteiger partial charge in [0.2, 0.25) is 0 Å². The smallest absolute Gasteiger partial charge is 0.0797 e. The Hall–Kier alpha value is -0.300. The first-order valence-corrected chi connectivity index (χ1v) is 4.38. The van der Waals surface area contributed by atoms with Gasteiger partial charge in [0.25, 0.3) is 0 Å². The van der Waals surface area contributed by atoms with Gasteiger partial charge in [-0.3, -0.25) is 0 Å². The van der Waals surface area contributed by atoms with Crippen LogP contribution in [-0.4, -0.2) is 10.7 Å². The van der Waals surface area contributed by atoms with Gasteiger partial charge in [-0.05, 0) is 25.7 Å². The third-order valence-corrected chi connectivity index (χ3v) is 1.80. The zero-order valence-electron chi connectivity index (χ0n) is 8.09. The molecule has 0 amide bonds. The highest BCUT2D eigenvalue weighted by Gasteiger charge is 2.11. The molecule has 1 unspecified atom stereocenters. The van der Waals surface area contributed by atoms with Gasteiger partial charge in [0.15, 0.2) is 0 Å². The van der Waals surface area contributed by atoms with E-state index in [9.17, 15) is 5.11 Å². The predicted molar refractivity (Wildman–Crippen MR) is 49.5 cm³/mol. The molecule has 0 aromatic carbocycles. The van der Waals surface area contributed by atoms with Crippen molar-refractivity contribution in [1.29, 1.82) is 0 Å². The van der Waals surface area contributed by atoms with Crippen LogP contribution in [0.4, 0.5) is 0 Å². The van der Waals surface area contributed by atoms with Crippen LogP contribution in [-0.2, 0) is 0 Å². The summed E-state index contributed by atoms with van der Waals surface area (Å²) in [6.07, 6.45) is 5.79. The lowest BCUT2D eigenvalue weighted by Crippen LogP contribution is -2.18. The molecule has 0 saturated heterocycles. The van der Waals surface area contributed by atoms with E-state index < -0.39 is 5.60 Å². The molecule has 0 aromatic rings. The Kier molecular flexibility index (Phi) is 4.43. The van der Waals surface area contributed by atoms with Gasteiger partial charge in [0, 0.05) is 0 Å². The zero-order valence-corrected chi connectivity index (χ0v) is 8.09. The molecule has 0 fully saturated rings. The molecule has 0 aliphatic rings. The van der Waals surface area contributed by atoms with Gasteiger partial charge in [0.05, 0.1) is 5.60 Å². The summed E-state index contributed by atoms with van der Waals surface area (Å²) in [5.41, 5.74) is -0.602. The van der Waals surface area contributed by atoms with Crippen LogP contribution in [0.1, 0.15) is 40.5 Å². The summed E-state index contributed by atoms with van der Waals surface area (Å²) in [6, 6.07) is 0. The van der Waals surface area contributed by atoms with Gasteiger partial charge in [-0.2, -0.15) is 0 Å². The van der Waals surface area contributed by atoms with E-state index in [1.807, 2.05) is 19.9 Å². The first kappa shape index (κ1) is 10.7. The van der Waals surface area contributed by atoms with E-state index in [2.05, 4.69) is 19.9 Å². The molecule has 1 heteroatoms. The average Bonchev–Trinajstić information content (AvgIpc) is 1.87. The third kappa shape index (κ3) is 6.11. The molecule has 0 saturated carbocycles. The molecule has 0 rings (SSSR count). The normalized spacial score (nSPS) is 17.6. The van der Waals surface area contributed by atoms with Gasteiger partial charge in [0.1, 0.15) is 0 Å². The fourth-order valence-electron chi connectivity index (χ4n) is 0.712. The van der Waals surface area contributed by atoms with Crippen molar-refractivity contribution >= 4 is 0 Å². The fraction of sp³-hybridized carbons (Fsp3) is 0.800. The minimum absolute atomic E-state index is 0.602. The van der Waals surface area contributed by atoms with Crippen LogP contribution in [0.25, 0.3) is 0 Å². The summed E-state index contributed by atoms with van der Waals surface area (Å²) in [5.74, 6) is 0.680. The van der Waals surface area contributed by atoms with Crippen LogP contribution in [0, 0.1) is 5.92 Å². The second-order valence-electron chi connectivity index (χ2n) is 3.74. The van der Waals surface area contributed by atoms with E-state index >= 15 is 0 Å². The Morgan fingerprint density at radius 3 is 2.36 bits per heavy atom. The minimum atomic E-state index is -0.602. The van der Waals surface area contributed by atoms with E-state index in [0.29, 0.717) is 5.92 Å². The molecule has 0 spiro atoms. The van der Waals surface area contributed by atoms with Gasteiger partial charge < -0.3 is 5.11 Å². The second-order valence-corrected chi connectivity index (χ2v) is 3.74. The Labute approximate surface area is 70.1 Å². The predicted octanol–water partition coefficient (Wildman–Crippen LogP) is 2.75. The van der Waals surface area contributed by atoms with Crippen LogP contribution in [0.5, 0.6) is 0 Å². The molecular formula is C10H20O. The third-order valence-electron chi connectivity index (χ3n) is 1.80. The van der Waals surface area contributed by atoms with Gasteiger partial charge >= 0.3 is 0 Å². The van der Waals surface area contributed by atoms with Crippen molar-refractivity contribution in [3.8, 4) is 0 Å². The van der Waals surface area contributed by atoms with Crippen LogP contribution in [0.15, 0.2) is 12.2 Å². The largest absolute Gasteiger partial charge is 0.386 e. The lowest BCUT2D eigenvalue weighted by Gasteiger charge is -2.15. The number of aliphatic hydroxyl groups is 1. The average molecular weight is 156 g/mol. The molecular weight excluding hydrogens is 136 g/mol. The summed E-state index contributed by atoms with van der Waals surface area (Å²) >= 11 is 0. The highest BCUT2D eigenvalue weighted by atomic mass is 16.3. The Morgan fingerprint density at radius 1 is 1.45 bits per heavy atom. The Balaban J connectivity index is 3.73. The maximum atomic E-state index is 9.55. The van der Waals surface area contributed by atoms with Crippen molar-refractivity contribution in [2.24, 2.45) is 5.92 Å². The Bertz CT molecular complexity index is 123. The zero-order chi connectivity index (χ0) is 8.91. The molecule has 66 valence electrons. The van der Waals surface area contributed by atoms with Gasteiger partial charge in [-0.25, -0.2) is 0 Å². The lowest BCUT2D eigenvalue weighted by molar-refractivity contribution is 0.107. The number of rotatable bonds is 4. The van der Waals surface area contributed by atoms with Crippen molar-refractivity contribution in [3.05, 3.63) is 12.2 Å². The molecule has 1 N–H and O–H groups in total. The molecule has 11 heavy (non-hydrogen) atoms. The molecule has 0 aliphatic heterocycles. The SMILES string of the molecule is CCC(C)(O)/C=C\CC(C)C. The van der Waals surface area contributed by atoms with E-state index in [1.54, 1.807) is 0 Å². The minimum Gasteiger partial charge on any atom is -0.386 e. The second kappa shape index (κ2) is 4.55. The summed E-state index contributed by atoms with van der Waals surface area (Å²) in [5, 5.41) is 9.55. The maximum Gasteiger partial charge on any atom is 0.0797 e. The van der Waals surface area contributed by atoms with Crippen LogP contribution < -0.4 is 0 Å². The molecule has 0 aromatic heterocycles. The van der Waals surface area contributed by atoms with Crippen LogP contribution >= 0.6 is 0 Å². The molecule has 1 atom stereocenters. The summed E-state index contributed by atoms with van der Waals surface area (Å²) in [4.78, 5) is 0.